The number of carbonyl (C=O) groups is 1. The molecule has 1 aliphatic heterocycles. The first-order chi connectivity index (χ1) is 7.70. The van der Waals surface area contributed by atoms with Gasteiger partial charge in [-0.25, -0.2) is 4.79 Å². The normalized spacial score (nSPS) is 18.2. The van der Waals surface area contributed by atoms with Gasteiger partial charge in [0, 0.05) is 12.0 Å². The summed E-state index contributed by atoms with van der Waals surface area (Å²) in [6.45, 7) is 2.63. The molecule has 0 aliphatic carbocycles. The molecule has 0 aromatic heterocycles. The summed E-state index contributed by atoms with van der Waals surface area (Å²) in [5.74, 6) is 0.846. The molecule has 1 aromatic carbocycles. The van der Waals surface area contributed by atoms with Gasteiger partial charge in [-0.15, -0.1) is 0 Å². The van der Waals surface area contributed by atoms with E-state index in [1.165, 1.54) is 7.11 Å². The van der Waals surface area contributed by atoms with Gasteiger partial charge in [0.25, 0.3) is 0 Å². The summed E-state index contributed by atoms with van der Waals surface area (Å²) in [6, 6.07) is 5.96. The van der Waals surface area contributed by atoms with Crippen molar-refractivity contribution in [1.82, 2.24) is 5.32 Å². The quantitative estimate of drug-likeness (QED) is 0.790. The van der Waals surface area contributed by atoms with E-state index in [4.69, 9.17) is 4.74 Å². The van der Waals surface area contributed by atoms with E-state index in [9.17, 15) is 4.79 Å². The molecule has 1 N–H and O–H groups in total. The maximum atomic E-state index is 11.2. The van der Waals surface area contributed by atoms with Crippen molar-refractivity contribution in [2.45, 2.75) is 19.4 Å². The number of alkyl carbamates (subject to hydrolysis) is 1. The summed E-state index contributed by atoms with van der Waals surface area (Å²) in [4.78, 5) is 11.2. The van der Waals surface area contributed by atoms with Crippen molar-refractivity contribution >= 4 is 6.09 Å². The zero-order valence-corrected chi connectivity index (χ0v) is 9.45. The Hall–Kier alpha value is -1.71. The van der Waals surface area contributed by atoms with E-state index in [2.05, 4.69) is 10.1 Å². The Morgan fingerprint density at radius 1 is 1.56 bits per heavy atom. The fraction of sp³-hybridized carbons (Fsp3) is 0.417. The third-order valence-corrected chi connectivity index (χ3v) is 2.68. The van der Waals surface area contributed by atoms with E-state index >= 15 is 0 Å². The van der Waals surface area contributed by atoms with Crippen molar-refractivity contribution in [1.29, 1.82) is 0 Å². The van der Waals surface area contributed by atoms with Crippen LogP contribution in [0, 0.1) is 6.92 Å². The van der Waals surface area contributed by atoms with Crippen LogP contribution in [0.3, 0.4) is 0 Å². The van der Waals surface area contributed by atoms with Crippen molar-refractivity contribution in [2.75, 3.05) is 13.7 Å². The molecule has 4 nitrogen and oxygen atoms in total. The molecule has 0 spiro atoms. The molecule has 1 amide bonds. The SMILES string of the molecule is COC(=O)NC1CCOc2ccc(C)cc21. The topological polar surface area (TPSA) is 47.6 Å². The molecule has 1 atom stereocenters. The highest BCUT2D eigenvalue weighted by Crippen LogP contribution is 2.32. The van der Waals surface area contributed by atoms with Gasteiger partial charge in [-0.05, 0) is 13.0 Å². The molecule has 0 radical (unpaired) electrons. The van der Waals surface area contributed by atoms with Crippen LogP contribution in [0.1, 0.15) is 23.6 Å². The summed E-state index contributed by atoms with van der Waals surface area (Å²) in [5, 5.41) is 2.81. The average molecular weight is 221 g/mol. The summed E-state index contributed by atoms with van der Waals surface area (Å²) >= 11 is 0. The molecule has 4 heteroatoms. The van der Waals surface area contributed by atoms with Crippen LogP contribution in [0.25, 0.3) is 0 Å². The Morgan fingerprint density at radius 2 is 2.38 bits per heavy atom. The van der Waals surface area contributed by atoms with E-state index in [1.54, 1.807) is 0 Å². The zero-order valence-electron chi connectivity index (χ0n) is 9.45. The van der Waals surface area contributed by atoms with Crippen molar-refractivity contribution in [3.8, 4) is 5.75 Å². The van der Waals surface area contributed by atoms with Crippen LogP contribution in [0.2, 0.25) is 0 Å². The maximum Gasteiger partial charge on any atom is 0.407 e. The Kier molecular flexibility index (Phi) is 2.99. The summed E-state index contributed by atoms with van der Waals surface area (Å²) in [6.07, 6.45) is 0.366. The van der Waals surface area contributed by atoms with Gasteiger partial charge in [-0.2, -0.15) is 0 Å². The molecule has 16 heavy (non-hydrogen) atoms. The minimum absolute atomic E-state index is 0.0175. The standard InChI is InChI=1S/C12H15NO3/c1-8-3-4-11-9(7-8)10(5-6-16-11)13-12(14)15-2/h3-4,7,10H,5-6H2,1-2H3,(H,13,14). The molecule has 86 valence electrons. The van der Waals surface area contributed by atoms with E-state index in [-0.39, 0.29) is 6.04 Å². The molecular formula is C12H15NO3. The molecular weight excluding hydrogens is 206 g/mol. The fourth-order valence-corrected chi connectivity index (χ4v) is 1.86. The van der Waals surface area contributed by atoms with Crippen LogP contribution in [0.4, 0.5) is 4.79 Å². The Morgan fingerprint density at radius 3 is 3.12 bits per heavy atom. The highest BCUT2D eigenvalue weighted by Gasteiger charge is 2.23. The van der Waals surface area contributed by atoms with Gasteiger partial charge >= 0.3 is 6.09 Å². The smallest absolute Gasteiger partial charge is 0.407 e. The third-order valence-electron chi connectivity index (χ3n) is 2.68. The molecule has 1 aliphatic rings. The van der Waals surface area contributed by atoms with Gasteiger partial charge in [0.15, 0.2) is 0 Å². The molecule has 0 saturated carbocycles. The zero-order chi connectivity index (χ0) is 11.5. The van der Waals surface area contributed by atoms with Crippen molar-refractivity contribution in [3.05, 3.63) is 29.3 Å². The first-order valence-electron chi connectivity index (χ1n) is 5.28. The summed E-state index contributed by atoms with van der Waals surface area (Å²) in [7, 11) is 1.37. The van der Waals surface area contributed by atoms with Gasteiger partial charge in [-0.3, -0.25) is 0 Å². The highest BCUT2D eigenvalue weighted by atomic mass is 16.5. The minimum atomic E-state index is -0.403. The first kappa shape index (κ1) is 10.8. The number of fused-ring (bicyclic) bond motifs is 1. The predicted molar refractivity (Wildman–Crippen MR) is 59.6 cm³/mol. The molecule has 0 saturated heterocycles. The number of rotatable bonds is 1. The summed E-state index contributed by atoms with van der Waals surface area (Å²) in [5.41, 5.74) is 2.18. The van der Waals surface area contributed by atoms with Crippen LogP contribution >= 0.6 is 0 Å². The van der Waals surface area contributed by atoms with Gasteiger partial charge in [0.05, 0.1) is 19.8 Å². The van der Waals surface area contributed by atoms with Crippen molar-refractivity contribution < 1.29 is 14.3 Å². The number of nitrogens with one attached hydrogen (secondary N) is 1. The number of ether oxygens (including phenoxy) is 2. The second-order valence-electron chi connectivity index (χ2n) is 3.87. The first-order valence-corrected chi connectivity index (χ1v) is 5.28. The number of benzene rings is 1. The lowest BCUT2D eigenvalue weighted by atomic mass is 9.99. The van der Waals surface area contributed by atoms with Crippen molar-refractivity contribution in [2.24, 2.45) is 0 Å². The molecule has 1 aromatic rings. The largest absolute Gasteiger partial charge is 0.493 e. The van der Waals surface area contributed by atoms with Gasteiger partial charge in [-0.1, -0.05) is 17.7 Å². The van der Waals surface area contributed by atoms with E-state index in [0.29, 0.717) is 6.61 Å². The number of hydrogen-bond donors (Lipinski definition) is 1. The second kappa shape index (κ2) is 4.43. The fourth-order valence-electron chi connectivity index (χ4n) is 1.86. The van der Waals surface area contributed by atoms with Crippen LogP contribution in [-0.2, 0) is 4.74 Å². The Balaban J connectivity index is 2.24. The number of hydrogen-bond acceptors (Lipinski definition) is 3. The minimum Gasteiger partial charge on any atom is -0.493 e. The van der Waals surface area contributed by atoms with Crippen LogP contribution < -0.4 is 10.1 Å². The summed E-state index contributed by atoms with van der Waals surface area (Å²) < 4.78 is 10.1. The lowest BCUT2D eigenvalue weighted by molar-refractivity contribution is 0.161. The lowest BCUT2D eigenvalue weighted by Crippen LogP contribution is -2.32. The average Bonchev–Trinajstić information content (AvgIpc) is 2.29. The number of aryl methyl sites for hydroxylation is 1. The van der Waals surface area contributed by atoms with E-state index in [0.717, 1.165) is 23.3 Å². The maximum absolute atomic E-state index is 11.2. The Labute approximate surface area is 94.6 Å². The molecule has 1 heterocycles. The van der Waals surface area contributed by atoms with E-state index in [1.807, 2.05) is 25.1 Å². The monoisotopic (exact) mass is 221 g/mol. The number of amides is 1. The lowest BCUT2D eigenvalue weighted by Gasteiger charge is -2.26. The Bertz CT molecular complexity index is 403. The molecule has 0 bridgehead atoms. The van der Waals surface area contributed by atoms with Crippen molar-refractivity contribution in [3.63, 3.8) is 0 Å². The predicted octanol–water partition coefficient (Wildman–Crippen LogP) is 2.17. The van der Waals surface area contributed by atoms with Crippen LogP contribution in [-0.4, -0.2) is 19.8 Å². The number of carbonyl (C=O) groups excluding carboxylic acids is 1. The highest BCUT2D eigenvalue weighted by molar-refractivity contribution is 5.68. The molecule has 1 unspecified atom stereocenters. The van der Waals surface area contributed by atoms with Crippen LogP contribution in [0.15, 0.2) is 18.2 Å². The third kappa shape index (κ3) is 2.10. The molecule has 2 rings (SSSR count). The van der Waals surface area contributed by atoms with Gasteiger partial charge in [0.1, 0.15) is 5.75 Å². The molecule has 0 fully saturated rings. The van der Waals surface area contributed by atoms with Gasteiger partial charge in [0.2, 0.25) is 0 Å². The number of methoxy groups -OCH3 is 1. The van der Waals surface area contributed by atoms with E-state index < -0.39 is 6.09 Å². The second-order valence-corrected chi connectivity index (χ2v) is 3.87. The van der Waals surface area contributed by atoms with Gasteiger partial charge < -0.3 is 14.8 Å². The van der Waals surface area contributed by atoms with Crippen LogP contribution in [0.5, 0.6) is 5.75 Å².